The third-order valence-electron chi connectivity index (χ3n) is 4.85. The molecule has 1 N–H and O–H groups in total. The van der Waals surface area contributed by atoms with E-state index in [-0.39, 0.29) is 23.7 Å². The Hall–Kier alpha value is -3.02. The van der Waals surface area contributed by atoms with Crippen LogP contribution >= 0.6 is 0 Å². The minimum Gasteiger partial charge on any atom is -0.273 e. The van der Waals surface area contributed by atoms with Crippen LogP contribution in [0.25, 0.3) is 10.9 Å². The van der Waals surface area contributed by atoms with Crippen molar-refractivity contribution >= 4 is 16.8 Å². The smallest absolute Gasteiger partial charge is 0.273 e. The average molecular weight is 365 g/mol. The molecule has 1 amide bonds. The molecule has 5 nitrogen and oxygen atoms in total. The second kappa shape index (κ2) is 6.95. The maximum absolute atomic E-state index is 13.0. The molecule has 1 fully saturated rings. The molecule has 27 heavy (non-hydrogen) atoms. The molecule has 0 saturated heterocycles. The molecule has 0 aliphatic heterocycles. The molecule has 1 aliphatic carbocycles. The molecule has 0 atom stereocenters. The first-order chi connectivity index (χ1) is 13.1. The van der Waals surface area contributed by atoms with Crippen molar-refractivity contribution < 1.29 is 9.18 Å². The van der Waals surface area contributed by atoms with E-state index in [0.717, 1.165) is 23.9 Å². The summed E-state index contributed by atoms with van der Waals surface area (Å²) in [7, 11) is 0. The van der Waals surface area contributed by atoms with Crippen molar-refractivity contribution in [3.8, 4) is 0 Å². The number of hydrogen-bond acceptors (Lipinski definition) is 3. The van der Waals surface area contributed by atoms with Crippen molar-refractivity contribution in [2.75, 3.05) is 5.43 Å². The van der Waals surface area contributed by atoms with Crippen molar-refractivity contribution in [1.82, 2.24) is 9.66 Å². The summed E-state index contributed by atoms with van der Waals surface area (Å²) in [6.45, 7) is 1.90. The van der Waals surface area contributed by atoms with E-state index in [2.05, 4.69) is 10.4 Å². The second-order valence-corrected chi connectivity index (χ2v) is 6.88. The van der Waals surface area contributed by atoms with E-state index >= 15 is 0 Å². The van der Waals surface area contributed by atoms with Crippen LogP contribution in [0.4, 0.5) is 4.39 Å². The number of hydrogen-bond donors (Lipinski definition) is 1. The first kappa shape index (κ1) is 17.4. The highest BCUT2D eigenvalue weighted by atomic mass is 19.1. The van der Waals surface area contributed by atoms with Crippen molar-refractivity contribution in [3.05, 3.63) is 75.6 Å². The van der Waals surface area contributed by atoms with Gasteiger partial charge < -0.3 is 0 Å². The molecule has 1 aliphatic rings. The monoisotopic (exact) mass is 365 g/mol. The molecule has 138 valence electrons. The van der Waals surface area contributed by atoms with Crippen LogP contribution in [0.2, 0.25) is 0 Å². The van der Waals surface area contributed by atoms with Crippen LogP contribution in [-0.4, -0.2) is 15.6 Å². The number of fused-ring (bicyclic) bond motifs is 1. The molecule has 3 aromatic rings. The Bertz CT molecular complexity index is 1070. The highest BCUT2D eigenvalue weighted by Gasteiger charge is 2.27. The average Bonchev–Trinajstić information content (AvgIpc) is 3.50. The third-order valence-corrected chi connectivity index (χ3v) is 4.85. The standard InChI is InChI=1S/C21H20FN3O2/c1-2-18-23-20-16(14-8-9-14)4-3-5-17(20)21(27)25(18)24-19(26)12-13-6-10-15(22)11-7-13/h3-7,10-11,14H,2,8-9,12H2,1H3,(H,24,26). The highest BCUT2D eigenvalue weighted by molar-refractivity contribution is 5.87. The van der Waals surface area contributed by atoms with Crippen LogP contribution in [0.15, 0.2) is 47.3 Å². The molecule has 0 bridgehead atoms. The normalized spacial score (nSPS) is 13.7. The summed E-state index contributed by atoms with van der Waals surface area (Å²) in [5.74, 6) is 0.300. The lowest BCUT2D eigenvalue weighted by molar-refractivity contribution is -0.116. The predicted octanol–water partition coefficient (Wildman–Crippen LogP) is 3.29. The molecule has 2 aromatic carbocycles. The summed E-state index contributed by atoms with van der Waals surface area (Å²) in [4.78, 5) is 30.1. The Kier molecular flexibility index (Phi) is 4.48. The molecular weight excluding hydrogens is 345 g/mol. The summed E-state index contributed by atoms with van der Waals surface area (Å²) < 4.78 is 14.3. The van der Waals surface area contributed by atoms with Crippen molar-refractivity contribution in [3.63, 3.8) is 0 Å². The Morgan fingerprint density at radius 2 is 1.96 bits per heavy atom. The van der Waals surface area contributed by atoms with Gasteiger partial charge in [-0.25, -0.2) is 14.1 Å². The van der Waals surface area contributed by atoms with Crippen molar-refractivity contribution in [2.24, 2.45) is 0 Å². The van der Waals surface area contributed by atoms with Crippen LogP contribution in [0.5, 0.6) is 0 Å². The lowest BCUT2D eigenvalue weighted by Crippen LogP contribution is -2.37. The fourth-order valence-corrected chi connectivity index (χ4v) is 3.30. The number of amides is 1. The number of carbonyl (C=O) groups excluding carboxylic acids is 1. The number of nitrogens with zero attached hydrogens (tertiary/aromatic N) is 2. The van der Waals surface area contributed by atoms with E-state index in [1.807, 2.05) is 19.1 Å². The quantitative estimate of drug-likeness (QED) is 0.755. The van der Waals surface area contributed by atoms with Crippen LogP contribution < -0.4 is 11.0 Å². The molecule has 1 saturated carbocycles. The fraction of sp³-hybridized carbons (Fsp3) is 0.286. The maximum Gasteiger partial charge on any atom is 0.280 e. The third kappa shape index (κ3) is 3.47. The molecule has 6 heteroatoms. The first-order valence-corrected chi connectivity index (χ1v) is 9.15. The van der Waals surface area contributed by atoms with E-state index in [4.69, 9.17) is 0 Å². The Morgan fingerprint density at radius 3 is 2.63 bits per heavy atom. The zero-order chi connectivity index (χ0) is 19.0. The zero-order valence-corrected chi connectivity index (χ0v) is 15.0. The minimum atomic E-state index is -0.353. The number of para-hydroxylation sites is 1. The van der Waals surface area contributed by atoms with E-state index in [1.54, 1.807) is 18.2 Å². The maximum atomic E-state index is 13.0. The Labute approximate surface area is 155 Å². The largest absolute Gasteiger partial charge is 0.280 e. The van der Waals surface area contributed by atoms with Gasteiger partial charge in [0.05, 0.1) is 17.3 Å². The SMILES string of the molecule is CCc1nc2c(C3CC3)cccc2c(=O)n1NC(=O)Cc1ccc(F)cc1. The van der Waals surface area contributed by atoms with Crippen LogP contribution in [0.3, 0.4) is 0 Å². The summed E-state index contributed by atoms with van der Waals surface area (Å²) in [6, 6.07) is 11.4. The molecule has 0 spiro atoms. The Balaban J connectivity index is 1.68. The number of aromatic nitrogens is 2. The number of aryl methyl sites for hydroxylation is 1. The van der Waals surface area contributed by atoms with Gasteiger partial charge in [0.25, 0.3) is 5.56 Å². The summed E-state index contributed by atoms with van der Waals surface area (Å²) in [6.07, 6.45) is 2.82. The second-order valence-electron chi connectivity index (χ2n) is 6.88. The van der Waals surface area contributed by atoms with E-state index in [0.29, 0.717) is 29.1 Å². The van der Waals surface area contributed by atoms with Crippen LogP contribution in [0, 0.1) is 5.82 Å². The number of halogens is 1. The minimum absolute atomic E-state index is 0.0516. The summed E-state index contributed by atoms with van der Waals surface area (Å²) in [5.41, 5.74) is 4.91. The van der Waals surface area contributed by atoms with Gasteiger partial charge in [0.15, 0.2) is 0 Å². The van der Waals surface area contributed by atoms with Gasteiger partial charge in [-0.3, -0.25) is 15.0 Å². The van der Waals surface area contributed by atoms with E-state index in [1.165, 1.54) is 16.8 Å². The molecule has 0 radical (unpaired) electrons. The van der Waals surface area contributed by atoms with Gasteiger partial charge in [0.2, 0.25) is 5.91 Å². The number of benzene rings is 2. The van der Waals surface area contributed by atoms with Gasteiger partial charge in [-0.1, -0.05) is 31.2 Å². The topological polar surface area (TPSA) is 64.0 Å². The van der Waals surface area contributed by atoms with Gasteiger partial charge >= 0.3 is 0 Å². The molecule has 1 aromatic heterocycles. The Morgan fingerprint density at radius 1 is 1.22 bits per heavy atom. The van der Waals surface area contributed by atoms with Gasteiger partial charge in [0.1, 0.15) is 11.6 Å². The zero-order valence-electron chi connectivity index (χ0n) is 15.0. The molecule has 4 rings (SSSR count). The summed E-state index contributed by atoms with van der Waals surface area (Å²) >= 11 is 0. The van der Waals surface area contributed by atoms with Gasteiger partial charge in [-0.15, -0.1) is 0 Å². The van der Waals surface area contributed by atoms with Crippen LogP contribution in [0.1, 0.15) is 42.6 Å². The van der Waals surface area contributed by atoms with Gasteiger partial charge in [-0.2, -0.15) is 0 Å². The summed E-state index contributed by atoms with van der Waals surface area (Å²) in [5, 5.41) is 0.513. The van der Waals surface area contributed by atoms with Gasteiger partial charge in [0, 0.05) is 6.42 Å². The molecule has 1 heterocycles. The lowest BCUT2D eigenvalue weighted by Gasteiger charge is -2.15. The van der Waals surface area contributed by atoms with Crippen LogP contribution in [-0.2, 0) is 17.6 Å². The highest BCUT2D eigenvalue weighted by Crippen LogP contribution is 2.42. The number of nitrogens with one attached hydrogen (secondary N) is 1. The predicted molar refractivity (Wildman–Crippen MR) is 102 cm³/mol. The van der Waals surface area contributed by atoms with E-state index in [9.17, 15) is 14.0 Å². The lowest BCUT2D eigenvalue weighted by atomic mass is 10.1. The molecular formula is C21H20FN3O2. The number of carbonyl (C=O) groups is 1. The van der Waals surface area contributed by atoms with E-state index < -0.39 is 0 Å². The first-order valence-electron chi connectivity index (χ1n) is 9.15. The van der Waals surface area contributed by atoms with Crippen molar-refractivity contribution in [1.29, 1.82) is 0 Å². The van der Waals surface area contributed by atoms with Gasteiger partial charge in [-0.05, 0) is 48.1 Å². The van der Waals surface area contributed by atoms with Crippen molar-refractivity contribution in [2.45, 2.75) is 38.5 Å². The number of rotatable bonds is 5. The fourth-order valence-electron chi connectivity index (χ4n) is 3.30. The molecule has 0 unspecified atom stereocenters.